The molecule has 2 aliphatic heterocycles. The van der Waals surface area contributed by atoms with Crippen LogP contribution in [0.2, 0.25) is 0 Å². The Hall–Kier alpha value is -0.220. The maximum absolute atomic E-state index is 11.8. The van der Waals surface area contributed by atoms with Crippen molar-refractivity contribution in [3.8, 4) is 0 Å². The third-order valence-electron chi connectivity index (χ3n) is 3.80. The van der Waals surface area contributed by atoms with Crippen LogP contribution in [0, 0.1) is 11.8 Å². The van der Waals surface area contributed by atoms with Gasteiger partial charge in [-0.2, -0.15) is 11.8 Å². The van der Waals surface area contributed by atoms with Crippen LogP contribution in [-0.2, 0) is 4.79 Å². The molecule has 0 aromatic carbocycles. The molecule has 2 heterocycles. The Morgan fingerprint density at radius 3 is 2.76 bits per heavy atom. The van der Waals surface area contributed by atoms with Gasteiger partial charge >= 0.3 is 0 Å². The smallest absolute Gasteiger partial charge is 0.220 e. The van der Waals surface area contributed by atoms with Gasteiger partial charge in [0.05, 0.1) is 0 Å². The van der Waals surface area contributed by atoms with Crippen molar-refractivity contribution in [2.45, 2.75) is 32.1 Å². The first-order chi connectivity index (χ1) is 8.34. The van der Waals surface area contributed by atoms with E-state index in [0.29, 0.717) is 11.8 Å². The molecular weight excluding hydrogens is 232 g/mol. The zero-order valence-corrected chi connectivity index (χ0v) is 11.4. The summed E-state index contributed by atoms with van der Waals surface area (Å²) in [6.45, 7) is 3.08. The summed E-state index contributed by atoms with van der Waals surface area (Å²) in [6.07, 6.45) is 5.71. The molecule has 3 nitrogen and oxygen atoms in total. The first-order valence-corrected chi connectivity index (χ1v) is 8.05. The Kier molecular flexibility index (Phi) is 5.65. The molecule has 0 aromatic heterocycles. The van der Waals surface area contributed by atoms with E-state index >= 15 is 0 Å². The lowest BCUT2D eigenvalue weighted by Crippen LogP contribution is -2.38. The van der Waals surface area contributed by atoms with Gasteiger partial charge < -0.3 is 10.6 Å². The number of carbonyl (C=O) groups is 1. The largest absolute Gasteiger partial charge is 0.356 e. The van der Waals surface area contributed by atoms with Crippen molar-refractivity contribution in [3.63, 3.8) is 0 Å². The zero-order valence-electron chi connectivity index (χ0n) is 10.5. The summed E-state index contributed by atoms with van der Waals surface area (Å²) < 4.78 is 0. The lowest BCUT2D eigenvalue weighted by molar-refractivity contribution is -0.122. The third-order valence-corrected chi connectivity index (χ3v) is 4.85. The number of hydrogen-bond donors (Lipinski definition) is 2. The van der Waals surface area contributed by atoms with Crippen LogP contribution in [0.25, 0.3) is 0 Å². The number of carbonyl (C=O) groups excluding carboxylic acids is 1. The van der Waals surface area contributed by atoms with Crippen LogP contribution >= 0.6 is 11.8 Å². The average Bonchev–Trinajstić information content (AvgIpc) is 2.39. The molecule has 0 aliphatic carbocycles. The van der Waals surface area contributed by atoms with Crippen LogP contribution < -0.4 is 10.6 Å². The Morgan fingerprint density at radius 1 is 1.24 bits per heavy atom. The van der Waals surface area contributed by atoms with Crippen molar-refractivity contribution < 1.29 is 4.79 Å². The van der Waals surface area contributed by atoms with Crippen LogP contribution in [0.1, 0.15) is 32.1 Å². The lowest BCUT2D eigenvalue weighted by Gasteiger charge is -2.24. The number of amides is 1. The van der Waals surface area contributed by atoms with Crippen LogP contribution in [-0.4, -0.2) is 37.0 Å². The van der Waals surface area contributed by atoms with E-state index < -0.39 is 0 Å². The van der Waals surface area contributed by atoms with Crippen molar-refractivity contribution >= 4 is 17.7 Å². The number of hydrogen-bond acceptors (Lipinski definition) is 3. The molecule has 17 heavy (non-hydrogen) atoms. The van der Waals surface area contributed by atoms with Crippen molar-refractivity contribution in [2.24, 2.45) is 11.8 Å². The summed E-state index contributed by atoms with van der Waals surface area (Å²) in [5.41, 5.74) is 0. The predicted octanol–water partition coefficient (Wildman–Crippen LogP) is 1.64. The van der Waals surface area contributed by atoms with Crippen LogP contribution in [0.5, 0.6) is 0 Å². The minimum Gasteiger partial charge on any atom is -0.356 e. The van der Waals surface area contributed by atoms with E-state index in [1.165, 1.54) is 37.2 Å². The first kappa shape index (κ1) is 13.2. The fraction of sp³-hybridized carbons (Fsp3) is 0.923. The van der Waals surface area contributed by atoms with Gasteiger partial charge in [-0.3, -0.25) is 4.79 Å². The van der Waals surface area contributed by atoms with Crippen molar-refractivity contribution in [3.05, 3.63) is 0 Å². The van der Waals surface area contributed by atoms with Gasteiger partial charge in [-0.05, 0) is 62.1 Å². The fourth-order valence-corrected chi connectivity index (χ4v) is 3.85. The maximum Gasteiger partial charge on any atom is 0.220 e. The second-order valence-electron chi connectivity index (χ2n) is 5.28. The second kappa shape index (κ2) is 7.27. The van der Waals surface area contributed by atoms with Crippen LogP contribution in [0.4, 0.5) is 0 Å². The van der Waals surface area contributed by atoms with Crippen LogP contribution in [0.15, 0.2) is 0 Å². The van der Waals surface area contributed by atoms with Gasteiger partial charge in [-0.25, -0.2) is 0 Å². The highest BCUT2D eigenvalue weighted by Crippen LogP contribution is 2.25. The standard InChI is InChI=1S/C13H24N2OS/c16-13(8-11-3-6-17-7-4-11)15-10-12-2-1-5-14-9-12/h11-12,14H,1-10H2,(H,15,16). The fourth-order valence-electron chi connectivity index (χ4n) is 2.64. The molecular formula is C13H24N2OS. The molecule has 98 valence electrons. The Labute approximate surface area is 108 Å². The summed E-state index contributed by atoms with van der Waals surface area (Å²) in [6, 6.07) is 0. The molecule has 2 N–H and O–H groups in total. The Bertz CT molecular complexity index is 236. The second-order valence-corrected chi connectivity index (χ2v) is 6.50. The SMILES string of the molecule is O=C(CC1CCSCC1)NCC1CCCNC1. The molecule has 2 rings (SSSR count). The summed E-state index contributed by atoms with van der Waals surface area (Å²) in [7, 11) is 0. The van der Waals surface area contributed by atoms with E-state index in [9.17, 15) is 4.79 Å². The molecule has 2 saturated heterocycles. The molecule has 0 spiro atoms. The van der Waals surface area contributed by atoms with Crippen LogP contribution in [0.3, 0.4) is 0 Å². The van der Waals surface area contributed by atoms with Gasteiger partial charge in [0.25, 0.3) is 0 Å². The molecule has 0 bridgehead atoms. The van der Waals surface area contributed by atoms with E-state index in [0.717, 1.165) is 26.1 Å². The van der Waals surface area contributed by atoms with E-state index in [4.69, 9.17) is 0 Å². The molecule has 1 amide bonds. The Balaban J connectivity index is 1.59. The molecule has 1 unspecified atom stereocenters. The van der Waals surface area contributed by atoms with Gasteiger partial charge in [-0.15, -0.1) is 0 Å². The summed E-state index contributed by atoms with van der Waals surface area (Å²) in [5, 5.41) is 6.50. The first-order valence-electron chi connectivity index (χ1n) is 6.90. The molecule has 0 saturated carbocycles. The van der Waals surface area contributed by atoms with Gasteiger partial charge in [0, 0.05) is 13.0 Å². The minimum absolute atomic E-state index is 0.271. The minimum atomic E-state index is 0.271. The highest BCUT2D eigenvalue weighted by Gasteiger charge is 2.18. The van der Waals surface area contributed by atoms with Gasteiger partial charge in [-0.1, -0.05) is 0 Å². The molecule has 2 fully saturated rings. The van der Waals surface area contributed by atoms with Gasteiger partial charge in [0.1, 0.15) is 0 Å². The third kappa shape index (κ3) is 4.88. The highest BCUT2D eigenvalue weighted by molar-refractivity contribution is 7.99. The highest BCUT2D eigenvalue weighted by atomic mass is 32.2. The maximum atomic E-state index is 11.8. The van der Waals surface area contributed by atoms with Gasteiger partial charge in [0.15, 0.2) is 0 Å². The predicted molar refractivity (Wildman–Crippen MR) is 73.3 cm³/mol. The van der Waals surface area contributed by atoms with Gasteiger partial charge in [0.2, 0.25) is 5.91 Å². The molecule has 4 heteroatoms. The number of nitrogens with one attached hydrogen (secondary N) is 2. The number of thioether (sulfide) groups is 1. The monoisotopic (exact) mass is 256 g/mol. The van der Waals surface area contributed by atoms with E-state index in [1.54, 1.807) is 0 Å². The summed E-state index contributed by atoms with van der Waals surface area (Å²) in [4.78, 5) is 11.8. The lowest BCUT2D eigenvalue weighted by atomic mass is 9.97. The average molecular weight is 256 g/mol. The zero-order chi connectivity index (χ0) is 11.9. The molecule has 0 aromatic rings. The van der Waals surface area contributed by atoms with E-state index in [2.05, 4.69) is 10.6 Å². The molecule has 1 atom stereocenters. The summed E-state index contributed by atoms with van der Waals surface area (Å²) in [5.74, 6) is 4.04. The molecule has 2 aliphatic rings. The topological polar surface area (TPSA) is 41.1 Å². The van der Waals surface area contributed by atoms with Crippen molar-refractivity contribution in [2.75, 3.05) is 31.1 Å². The van der Waals surface area contributed by atoms with E-state index in [-0.39, 0.29) is 5.91 Å². The summed E-state index contributed by atoms with van der Waals surface area (Å²) >= 11 is 2.02. The normalized spacial score (nSPS) is 26.7. The van der Waals surface area contributed by atoms with E-state index in [1.807, 2.05) is 11.8 Å². The quantitative estimate of drug-likeness (QED) is 0.803. The molecule has 0 radical (unpaired) electrons. The Morgan fingerprint density at radius 2 is 2.06 bits per heavy atom. The number of rotatable bonds is 4. The van der Waals surface area contributed by atoms with Crippen molar-refractivity contribution in [1.82, 2.24) is 10.6 Å². The number of piperidine rings is 1. The van der Waals surface area contributed by atoms with Crippen molar-refractivity contribution in [1.29, 1.82) is 0 Å².